The number of nitrogens with one attached hydrogen (secondary N) is 2. The van der Waals surface area contributed by atoms with Crippen LogP contribution in [0.3, 0.4) is 0 Å². The quantitative estimate of drug-likeness (QED) is 0.191. The minimum absolute atomic E-state index is 0.0482. The number of pyridine rings is 1. The van der Waals surface area contributed by atoms with Crippen LogP contribution in [0.15, 0.2) is 54.7 Å². The van der Waals surface area contributed by atoms with Gasteiger partial charge in [-0.3, -0.25) is 9.59 Å². The Morgan fingerprint density at radius 1 is 0.933 bits per heavy atom. The number of tetrazole rings is 1. The highest BCUT2D eigenvalue weighted by Crippen LogP contribution is 2.29. The molecule has 232 valence electrons. The lowest BCUT2D eigenvalue weighted by Crippen LogP contribution is -2.26. The predicted molar refractivity (Wildman–Crippen MR) is 160 cm³/mol. The molecule has 0 fully saturated rings. The van der Waals surface area contributed by atoms with E-state index >= 15 is 0 Å². The second kappa shape index (κ2) is 13.0. The first-order valence-electron chi connectivity index (χ1n) is 12.7. The summed E-state index contributed by atoms with van der Waals surface area (Å²) < 4.78 is 40.1. The van der Waals surface area contributed by atoms with Gasteiger partial charge in [-0.05, 0) is 65.7 Å². The maximum Gasteiger partial charge on any atom is 0.455 e. The van der Waals surface area contributed by atoms with Crippen LogP contribution in [0.4, 0.5) is 18.9 Å². The lowest BCUT2D eigenvalue weighted by Gasteiger charge is -2.16. The molecule has 5 rings (SSSR count). The number of alkyl halides is 3. The zero-order chi connectivity index (χ0) is 32.5. The van der Waals surface area contributed by atoms with Crippen LogP contribution in [0.2, 0.25) is 20.1 Å². The Labute approximate surface area is 272 Å². The summed E-state index contributed by atoms with van der Waals surface area (Å²) in [5.41, 5.74) is 1.21. The SMILES string of the molecule is Cc1cc(Cl)cc(C(=O)NCc2ccc(Cl)cc2Cl)c1NC(=O)c1cc(Cn2nnc(C(F)(F)F)n2)nn1-c1ncccc1Cl. The number of hydrogen-bond donors (Lipinski definition) is 2. The van der Waals surface area contributed by atoms with Gasteiger partial charge in [0.25, 0.3) is 17.6 Å². The molecule has 11 nitrogen and oxygen atoms in total. The molecule has 2 aromatic carbocycles. The Morgan fingerprint density at radius 2 is 1.71 bits per heavy atom. The van der Waals surface area contributed by atoms with Crippen molar-refractivity contribution in [1.82, 2.24) is 40.3 Å². The molecule has 3 aromatic heterocycles. The fraction of sp³-hybridized carbons (Fsp3) is 0.148. The zero-order valence-electron chi connectivity index (χ0n) is 22.7. The minimum atomic E-state index is -4.80. The van der Waals surface area contributed by atoms with Crippen LogP contribution in [0.1, 0.15) is 43.5 Å². The Morgan fingerprint density at radius 3 is 2.40 bits per heavy atom. The zero-order valence-corrected chi connectivity index (χ0v) is 25.7. The third-order valence-corrected chi connectivity index (χ3v) is 7.28. The van der Waals surface area contributed by atoms with E-state index in [0.717, 1.165) is 4.68 Å². The highest BCUT2D eigenvalue weighted by Gasteiger charge is 2.37. The van der Waals surface area contributed by atoms with E-state index in [9.17, 15) is 22.8 Å². The summed E-state index contributed by atoms with van der Waals surface area (Å²) in [6, 6.07) is 12.1. The molecular weight excluding hydrogens is 681 g/mol. The van der Waals surface area contributed by atoms with E-state index < -0.39 is 23.8 Å². The number of rotatable bonds is 8. The van der Waals surface area contributed by atoms with Gasteiger partial charge in [-0.25, -0.2) is 9.67 Å². The molecule has 0 aliphatic rings. The van der Waals surface area contributed by atoms with Gasteiger partial charge in [0.15, 0.2) is 5.82 Å². The van der Waals surface area contributed by atoms with E-state index in [1.54, 1.807) is 37.3 Å². The molecule has 2 amide bonds. The van der Waals surface area contributed by atoms with E-state index in [-0.39, 0.29) is 51.6 Å². The van der Waals surface area contributed by atoms with Crippen molar-refractivity contribution >= 4 is 63.9 Å². The van der Waals surface area contributed by atoms with Gasteiger partial charge in [0, 0.05) is 27.8 Å². The maximum atomic E-state index is 13.8. The third-order valence-electron chi connectivity index (χ3n) is 6.18. The average molecular weight is 699 g/mol. The molecule has 0 aliphatic heterocycles. The van der Waals surface area contributed by atoms with Crippen LogP contribution in [0, 0.1) is 6.92 Å². The van der Waals surface area contributed by atoms with E-state index in [1.807, 2.05) is 0 Å². The van der Waals surface area contributed by atoms with Crippen LogP contribution < -0.4 is 10.6 Å². The number of carbonyl (C=O) groups is 2. The van der Waals surface area contributed by atoms with Gasteiger partial charge in [-0.2, -0.15) is 23.1 Å². The molecule has 5 aromatic rings. The molecule has 0 saturated heterocycles. The van der Waals surface area contributed by atoms with Crippen LogP contribution >= 0.6 is 46.4 Å². The topological polar surface area (TPSA) is 133 Å². The second-order valence-electron chi connectivity index (χ2n) is 9.40. The van der Waals surface area contributed by atoms with Gasteiger partial charge >= 0.3 is 6.18 Å². The summed E-state index contributed by atoms with van der Waals surface area (Å²) in [5, 5.41) is 20.7. The number of aryl methyl sites for hydroxylation is 1. The monoisotopic (exact) mass is 697 g/mol. The summed E-state index contributed by atoms with van der Waals surface area (Å²) in [5.74, 6) is -2.70. The average Bonchev–Trinajstić information content (AvgIpc) is 3.62. The summed E-state index contributed by atoms with van der Waals surface area (Å²) >= 11 is 24.8. The van der Waals surface area contributed by atoms with Gasteiger partial charge in [0.2, 0.25) is 0 Å². The van der Waals surface area contributed by atoms with Crippen molar-refractivity contribution in [2.24, 2.45) is 0 Å². The number of aromatic nitrogens is 7. The van der Waals surface area contributed by atoms with Crippen molar-refractivity contribution in [3.8, 4) is 5.82 Å². The summed E-state index contributed by atoms with van der Waals surface area (Å²) in [6.07, 6.45) is -3.39. The van der Waals surface area contributed by atoms with Gasteiger partial charge in [-0.15, -0.1) is 10.2 Å². The molecule has 18 heteroatoms. The van der Waals surface area contributed by atoms with Crippen LogP contribution in [-0.2, 0) is 19.3 Å². The Kier molecular flexibility index (Phi) is 9.30. The lowest BCUT2D eigenvalue weighted by molar-refractivity contribution is -0.145. The summed E-state index contributed by atoms with van der Waals surface area (Å²) in [7, 11) is 0. The molecule has 3 heterocycles. The Bertz CT molecular complexity index is 1930. The maximum absolute atomic E-state index is 13.8. The minimum Gasteiger partial charge on any atom is -0.348 e. The standard InChI is InChI=1S/C27H18Cl4F3N9O2/c1-13-7-16(29)8-18(24(44)36-11-14-4-5-15(28)9-20(14)31)22(13)37-25(45)21-10-17(12-42-40-26(38-41-42)27(32,33)34)39-43(21)23-19(30)3-2-6-35-23/h2-10H,11-12H2,1H3,(H,36,44)(H,37,45). The van der Waals surface area contributed by atoms with Crippen LogP contribution in [-0.4, -0.2) is 46.8 Å². The van der Waals surface area contributed by atoms with Gasteiger partial charge in [0.05, 0.1) is 22.0 Å². The van der Waals surface area contributed by atoms with Crippen molar-refractivity contribution in [2.45, 2.75) is 26.2 Å². The molecule has 0 spiro atoms. The summed E-state index contributed by atoms with van der Waals surface area (Å²) in [6.45, 7) is 1.32. The number of nitrogens with zero attached hydrogens (tertiary/aromatic N) is 7. The molecule has 45 heavy (non-hydrogen) atoms. The van der Waals surface area contributed by atoms with Gasteiger partial charge in [0.1, 0.15) is 12.2 Å². The van der Waals surface area contributed by atoms with Crippen LogP contribution in [0.25, 0.3) is 5.82 Å². The first-order valence-corrected chi connectivity index (χ1v) is 14.2. The van der Waals surface area contributed by atoms with Gasteiger partial charge in [-0.1, -0.05) is 52.5 Å². The fourth-order valence-electron chi connectivity index (χ4n) is 4.13. The summed E-state index contributed by atoms with van der Waals surface area (Å²) in [4.78, 5) is 31.9. The highest BCUT2D eigenvalue weighted by molar-refractivity contribution is 6.35. The van der Waals surface area contributed by atoms with Crippen molar-refractivity contribution in [3.05, 3.63) is 109 Å². The molecule has 0 bridgehead atoms. The third kappa shape index (κ3) is 7.36. The number of anilines is 1. The first-order chi connectivity index (χ1) is 21.3. The Hall–Kier alpha value is -4.24. The number of halogens is 7. The second-order valence-corrected chi connectivity index (χ2v) is 11.1. The fourth-order valence-corrected chi connectivity index (χ4v) is 5.08. The van der Waals surface area contributed by atoms with Crippen molar-refractivity contribution < 1.29 is 22.8 Å². The van der Waals surface area contributed by atoms with E-state index in [2.05, 4.69) is 36.1 Å². The van der Waals surface area contributed by atoms with Gasteiger partial charge < -0.3 is 10.6 Å². The molecule has 0 radical (unpaired) electrons. The highest BCUT2D eigenvalue weighted by atomic mass is 35.5. The molecular formula is C27H18Cl4F3N9O2. The van der Waals surface area contributed by atoms with Crippen molar-refractivity contribution in [2.75, 3.05) is 5.32 Å². The first kappa shape index (κ1) is 32.2. The van der Waals surface area contributed by atoms with E-state index in [1.165, 1.54) is 24.4 Å². The number of amides is 2. The molecule has 0 atom stereocenters. The largest absolute Gasteiger partial charge is 0.455 e. The lowest BCUT2D eigenvalue weighted by atomic mass is 10.1. The van der Waals surface area contributed by atoms with Crippen molar-refractivity contribution in [3.63, 3.8) is 0 Å². The smallest absolute Gasteiger partial charge is 0.348 e. The van der Waals surface area contributed by atoms with E-state index in [0.29, 0.717) is 26.0 Å². The number of carbonyl (C=O) groups excluding carboxylic acids is 2. The van der Waals surface area contributed by atoms with Crippen LogP contribution in [0.5, 0.6) is 0 Å². The predicted octanol–water partition coefficient (Wildman–Crippen LogP) is 6.43. The molecule has 0 saturated carbocycles. The number of hydrogen-bond acceptors (Lipinski definition) is 7. The Balaban J connectivity index is 1.47. The molecule has 0 aliphatic carbocycles. The number of benzene rings is 2. The van der Waals surface area contributed by atoms with Crippen molar-refractivity contribution in [1.29, 1.82) is 0 Å². The molecule has 0 unspecified atom stereocenters. The normalized spacial score (nSPS) is 11.5. The van der Waals surface area contributed by atoms with E-state index in [4.69, 9.17) is 46.4 Å². The molecule has 2 N–H and O–H groups in total.